The van der Waals surface area contributed by atoms with Gasteiger partial charge in [0, 0.05) is 30.4 Å². The zero-order chi connectivity index (χ0) is 30.0. The van der Waals surface area contributed by atoms with Crippen LogP contribution >= 0.6 is 0 Å². The lowest BCUT2D eigenvalue weighted by Gasteiger charge is -2.49. The van der Waals surface area contributed by atoms with Crippen molar-refractivity contribution in [1.29, 1.82) is 0 Å². The second-order valence-electron chi connectivity index (χ2n) is 11.7. The third-order valence-corrected chi connectivity index (χ3v) is 8.97. The average Bonchev–Trinajstić information content (AvgIpc) is 3.56. The van der Waals surface area contributed by atoms with E-state index in [-0.39, 0.29) is 49.7 Å². The molecule has 2 aromatic carbocycles. The molecule has 13 heteroatoms. The van der Waals surface area contributed by atoms with E-state index in [0.717, 1.165) is 16.0 Å². The van der Waals surface area contributed by atoms with Crippen molar-refractivity contribution in [3.63, 3.8) is 0 Å². The van der Waals surface area contributed by atoms with E-state index in [4.69, 9.17) is 11.5 Å². The summed E-state index contributed by atoms with van der Waals surface area (Å²) in [6, 6.07) is 13.8. The van der Waals surface area contributed by atoms with Gasteiger partial charge in [-0.3, -0.25) is 19.3 Å². The summed E-state index contributed by atoms with van der Waals surface area (Å²) >= 11 is 0. The fourth-order valence-corrected chi connectivity index (χ4v) is 6.72. The first-order chi connectivity index (χ1) is 19.9. The van der Waals surface area contributed by atoms with Gasteiger partial charge >= 0.3 is 0 Å². The Bertz CT molecular complexity index is 1510. The number of nitrogens with two attached hydrogens (primary N) is 2. The first-order valence-electron chi connectivity index (χ1n) is 13.8. The molecule has 0 saturated carbocycles. The maximum atomic E-state index is 13.8. The molecule has 3 amide bonds. The second-order valence-corrected chi connectivity index (χ2v) is 11.7. The molecular formula is C29H34N8O5. The first kappa shape index (κ1) is 27.7. The van der Waals surface area contributed by atoms with Gasteiger partial charge in [0.05, 0.1) is 12.6 Å². The van der Waals surface area contributed by atoms with Crippen molar-refractivity contribution in [1.82, 2.24) is 20.4 Å². The minimum Gasteiger partial charge on any atom is -0.370 e. The van der Waals surface area contributed by atoms with Gasteiger partial charge in [0.2, 0.25) is 17.6 Å². The minimum absolute atomic E-state index is 0.0671. The number of imide groups is 1. The van der Waals surface area contributed by atoms with Crippen molar-refractivity contribution >= 4 is 29.6 Å². The molecule has 2 saturated heterocycles. The summed E-state index contributed by atoms with van der Waals surface area (Å²) in [6.45, 7) is 3.77. The lowest BCUT2D eigenvalue weighted by molar-refractivity contribution is -0.230. The number of nitrogens with zero attached hydrogens (tertiary/aromatic N) is 4. The molecule has 8 N–H and O–H groups in total. The van der Waals surface area contributed by atoms with Crippen molar-refractivity contribution in [2.24, 2.45) is 21.5 Å². The van der Waals surface area contributed by atoms with Gasteiger partial charge < -0.3 is 37.2 Å². The van der Waals surface area contributed by atoms with Crippen LogP contribution in [0.15, 0.2) is 64.6 Å². The number of hydrogen-bond acceptors (Lipinski definition) is 11. The van der Waals surface area contributed by atoms with Gasteiger partial charge in [0.25, 0.3) is 5.91 Å². The number of rotatable bonds is 6. The van der Waals surface area contributed by atoms with E-state index in [1.165, 1.54) is 4.90 Å². The van der Waals surface area contributed by atoms with Crippen LogP contribution in [0.2, 0.25) is 0 Å². The van der Waals surface area contributed by atoms with Gasteiger partial charge in [-0.2, -0.15) is 0 Å². The smallest absolute Gasteiger partial charge is 0.252 e. The normalized spacial score (nSPS) is 28.1. The van der Waals surface area contributed by atoms with Crippen LogP contribution in [-0.4, -0.2) is 92.3 Å². The van der Waals surface area contributed by atoms with Crippen LogP contribution in [0.3, 0.4) is 0 Å². The van der Waals surface area contributed by atoms with E-state index in [1.54, 1.807) is 12.1 Å². The van der Waals surface area contributed by atoms with E-state index in [1.807, 2.05) is 56.3 Å². The lowest BCUT2D eigenvalue weighted by Crippen LogP contribution is -2.78. The van der Waals surface area contributed by atoms with Crippen LogP contribution in [-0.2, 0) is 15.0 Å². The SMILES string of the molecule is CC(C)(c1ccccc1)c1ccccc1C(=O)NC1CN2C(N)=N[C@@H](CN3C(=O)CCC3=O)C3N=C(N)NC32C1(O)O. The number of likely N-dealkylation sites (tertiary alicyclic amines) is 1. The third kappa shape index (κ3) is 3.95. The highest BCUT2D eigenvalue weighted by Crippen LogP contribution is 2.45. The van der Waals surface area contributed by atoms with Crippen molar-refractivity contribution in [2.75, 3.05) is 13.1 Å². The van der Waals surface area contributed by atoms with Gasteiger partial charge in [-0.15, -0.1) is 0 Å². The van der Waals surface area contributed by atoms with Crippen LogP contribution in [0.1, 0.15) is 48.2 Å². The number of aliphatic imine (C=N–C) groups is 2. The Morgan fingerprint density at radius 1 is 1.05 bits per heavy atom. The number of carbonyl (C=O) groups excluding carboxylic acids is 3. The topological polar surface area (TPSA) is 199 Å². The van der Waals surface area contributed by atoms with Crippen molar-refractivity contribution < 1.29 is 24.6 Å². The van der Waals surface area contributed by atoms with E-state index in [2.05, 4.69) is 20.6 Å². The zero-order valence-corrected chi connectivity index (χ0v) is 23.3. The number of nitrogens with one attached hydrogen (secondary N) is 2. The highest BCUT2D eigenvalue weighted by atomic mass is 16.5. The Morgan fingerprint density at radius 3 is 2.38 bits per heavy atom. The fraction of sp³-hybridized carbons (Fsp3) is 0.414. The summed E-state index contributed by atoms with van der Waals surface area (Å²) in [5.41, 5.74) is 12.2. The van der Waals surface area contributed by atoms with Crippen LogP contribution in [0.5, 0.6) is 0 Å². The van der Waals surface area contributed by atoms with Crippen LogP contribution in [0, 0.1) is 0 Å². The zero-order valence-electron chi connectivity index (χ0n) is 23.3. The monoisotopic (exact) mass is 574 g/mol. The Balaban J connectivity index is 1.31. The Morgan fingerprint density at radius 2 is 1.69 bits per heavy atom. The molecule has 0 radical (unpaired) electrons. The molecule has 3 unspecified atom stereocenters. The molecule has 1 spiro atoms. The van der Waals surface area contributed by atoms with E-state index in [9.17, 15) is 24.6 Å². The quantitative estimate of drug-likeness (QED) is 0.184. The molecule has 13 nitrogen and oxygen atoms in total. The Kier molecular flexibility index (Phi) is 6.28. The van der Waals surface area contributed by atoms with Gasteiger partial charge in [0.1, 0.15) is 12.1 Å². The molecule has 42 heavy (non-hydrogen) atoms. The molecule has 220 valence electrons. The molecule has 4 atom stereocenters. The van der Waals surface area contributed by atoms with E-state index >= 15 is 0 Å². The Labute approximate surface area is 242 Å². The van der Waals surface area contributed by atoms with Crippen LogP contribution < -0.4 is 22.1 Å². The number of amides is 3. The third-order valence-electron chi connectivity index (χ3n) is 8.97. The molecule has 0 aromatic heterocycles. The van der Waals surface area contributed by atoms with Crippen molar-refractivity contribution in [3.05, 3.63) is 71.3 Å². The highest BCUT2D eigenvalue weighted by molar-refractivity contribution is 6.02. The number of benzene rings is 2. The molecule has 4 aliphatic heterocycles. The molecular weight excluding hydrogens is 540 g/mol. The van der Waals surface area contributed by atoms with Crippen molar-refractivity contribution in [3.8, 4) is 0 Å². The van der Waals surface area contributed by atoms with E-state index < -0.39 is 40.9 Å². The molecule has 2 aromatic rings. The maximum Gasteiger partial charge on any atom is 0.252 e. The van der Waals surface area contributed by atoms with Gasteiger partial charge in [-0.1, -0.05) is 62.4 Å². The first-order valence-corrected chi connectivity index (χ1v) is 13.8. The molecule has 0 bridgehead atoms. The second kappa shape index (κ2) is 9.53. The standard InChI is InChI=1S/C29H34N8O5/c1-27(2,16-8-4-3-5-9-16)18-11-7-6-10-17(18)24(40)33-20-15-37-26(31)32-19(14-36-21(38)12-13-22(36)39)23-28(37,29(20,41)42)35-25(30)34-23/h3-11,19-20,23,41-42H,12-15H2,1-2H3,(H2,31,32)(H,33,40)(H3,30,34,35)/t19-,20?,23?,28?/m0/s1. The number of aliphatic hydroxyl groups is 2. The number of hydrogen-bond donors (Lipinski definition) is 6. The van der Waals surface area contributed by atoms with Gasteiger partial charge in [-0.05, 0) is 17.2 Å². The summed E-state index contributed by atoms with van der Waals surface area (Å²) in [4.78, 5) is 49.9. The number of carbonyl (C=O) groups is 3. The van der Waals surface area contributed by atoms with Gasteiger partial charge in [0.15, 0.2) is 17.6 Å². The van der Waals surface area contributed by atoms with E-state index in [0.29, 0.717) is 5.56 Å². The molecule has 0 aliphatic carbocycles. The van der Waals surface area contributed by atoms with Crippen LogP contribution in [0.25, 0.3) is 0 Å². The van der Waals surface area contributed by atoms with Crippen LogP contribution in [0.4, 0.5) is 0 Å². The summed E-state index contributed by atoms with van der Waals surface area (Å²) in [5, 5.41) is 29.3. The summed E-state index contributed by atoms with van der Waals surface area (Å²) in [5.74, 6) is -4.01. The predicted octanol–water partition coefficient (Wildman–Crippen LogP) is -1.06. The van der Waals surface area contributed by atoms with Gasteiger partial charge in [-0.25, -0.2) is 9.98 Å². The molecule has 4 aliphatic rings. The summed E-state index contributed by atoms with van der Waals surface area (Å²) in [7, 11) is 0. The lowest BCUT2D eigenvalue weighted by atomic mass is 9.76. The predicted molar refractivity (Wildman–Crippen MR) is 153 cm³/mol. The summed E-state index contributed by atoms with van der Waals surface area (Å²) in [6.07, 6.45) is 0.188. The fourth-order valence-electron chi connectivity index (χ4n) is 6.72. The maximum absolute atomic E-state index is 13.8. The largest absolute Gasteiger partial charge is 0.370 e. The summed E-state index contributed by atoms with van der Waals surface area (Å²) < 4.78 is 0. The highest BCUT2D eigenvalue weighted by Gasteiger charge is 2.73. The Hall–Kier alpha value is -4.49. The molecule has 6 rings (SSSR count). The minimum atomic E-state index is -2.65. The van der Waals surface area contributed by atoms with Crippen molar-refractivity contribution in [2.45, 2.75) is 61.7 Å². The average molecular weight is 575 g/mol. The molecule has 4 heterocycles. The number of guanidine groups is 2. The molecule has 2 fully saturated rings.